The van der Waals surface area contributed by atoms with Crippen molar-refractivity contribution in [1.29, 1.82) is 0 Å². The summed E-state index contributed by atoms with van der Waals surface area (Å²) in [5, 5.41) is 0.744. The maximum atomic E-state index is 13.7. The lowest BCUT2D eigenvalue weighted by atomic mass is 10.2. The molecule has 2 nitrogen and oxygen atoms in total. The van der Waals surface area contributed by atoms with Crippen LogP contribution in [-0.2, 0) is 13.2 Å². The molecule has 2 rings (SSSR count). The molecule has 0 unspecified atom stereocenters. The summed E-state index contributed by atoms with van der Waals surface area (Å²) in [6, 6.07) is 7.18. The highest BCUT2D eigenvalue weighted by molar-refractivity contribution is 6.35. The Labute approximate surface area is 125 Å². The molecule has 2 N–H and O–H groups in total. The molecule has 6 heteroatoms. The number of benzene rings is 2. The highest BCUT2D eigenvalue weighted by Crippen LogP contribution is 2.28. The zero-order chi connectivity index (χ0) is 14.7. The van der Waals surface area contributed by atoms with Crippen LogP contribution in [0.4, 0.5) is 8.78 Å². The van der Waals surface area contributed by atoms with Gasteiger partial charge in [-0.1, -0.05) is 29.3 Å². The minimum Gasteiger partial charge on any atom is -0.483 e. The molecule has 0 bridgehead atoms. The fourth-order valence-electron chi connectivity index (χ4n) is 1.68. The topological polar surface area (TPSA) is 35.2 Å². The number of hydrogen-bond donors (Lipinski definition) is 1. The van der Waals surface area contributed by atoms with Crippen LogP contribution in [-0.4, -0.2) is 0 Å². The van der Waals surface area contributed by atoms with E-state index in [0.717, 1.165) is 12.1 Å². The molecule has 0 amide bonds. The Balaban J connectivity index is 2.23. The molecule has 0 aromatic heterocycles. The summed E-state index contributed by atoms with van der Waals surface area (Å²) in [4.78, 5) is 0. The number of ether oxygens (including phenoxy) is 1. The summed E-state index contributed by atoms with van der Waals surface area (Å²) >= 11 is 11.9. The third-order valence-electron chi connectivity index (χ3n) is 2.72. The zero-order valence-corrected chi connectivity index (χ0v) is 11.8. The Bertz CT molecular complexity index is 591. The van der Waals surface area contributed by atoms with Gasteiger partial charge in [-0.2, -0.15) is 0 Å². The molecule has 0 heterocycles. The summed E-state index contributed by atoms with van der Waals surface area (Å²) < 4.78 is 32.6. The van der Waals surface area contributed by atoms with Crippen molar-refractivity contribution in [2.75, 3.05) is 0 Å². The summed E-state index contributed by atoms with van der Waals surface area (Å²) in [6.07, 6.45) is 0. The molecule has 2 aromatic rings. The minimum atomic E-state index is -0.811. The predicted octanol–water partition coefficient (Wildman–Crippen LogP) is 4.31. The maximum absolute atomic E-state index is 13.7. The first kappa shape index (κ1) is 15.0. The van der Waals surface area contributed by atoms with E-state index >= 15 is 0 Å². The molecule has 0 aliphatic heterocycles. The fourth-order valence-corrected chi connectivity index (χ4v) is 2.19. The molecule has 0 spiro atoms. The monoisotopic (exact) mass is 317 g/mol. The molecule has 0 fully saturated rings. The molecule has 0 atom stereocenters. The summed E-state index contributed by atoms with van der Waals surface area (Å²) in [6.45, 7) is -0.0845. The van der Waals surface area contributed by atoms with Crippen LogP contribution in [0.15, 0.2) is 30.3 Å². The summed E-state index contributed by atoms with van der Waals surface area (Å²) in [5.74, 6) is -2.10. The van der Waals surface area contributed by atoms with Gasteiger partial charge >= 0.3 is 0 Å². The first-order chi connectivity index (χ1) is 9.52. The van der Waals surface area contributed by atoms with Gasteiger partial charge < -0.3 is 10.5 Å². The average Bonchev–Trinajstić information content (AvgIpc) is 2.40. The standard InChI is InChI=1S/C14H11Cl2F2NO/c15-10-2-1-3-11(16)9(10)7-20-14-12(17)4-8(6-19)5-13(14)18/h1-5H,6-7,19H2. The van der Waals surface area contributed by atoms with E-state index in [1.54, 1.807) is 18.2 Å². The number of halogens is 4. The minimum absolute atomic E-state index is 0.0461. The SMILES string of the molecule is NCc1cc(F)c(OCc2c(Cl)cccc2Cl)c(F)c1. The van der Waals surface area contributed by atoms with E-state index in [1.807, 2.05) is 0 Å². The van der Waals surface area contributed by atoms with Crippen LogP contribution in [0.25, 0.3) is 0 Å². The second-order valence-electron chi connectivity index (χ2n) is 4.08. The summed E-state index contributed by atoms with van der Waals surface area (Å²) in [7, 11) is 0. The molecule has 20 heavy (non-hydrogen) atoms. The van der Waals surface area contributed by atoms with Gasteiger partial charge in [0.15, 0.2) is 17.4 Å². The van der Waals surface area contributed by atoms with Gasteiger partial charge in [-0.05, 0) is 29.8 Å². The highest BCUT2D eigenvalue weighted by atomic mass is 35.5. The van der Waals surface area contributed by atoms with Gasteiger partial charge in [-0.15, -0.1) is 0 Å². The van der Waals surface area contributed by atoms with Crippen molar-refractivity contribution in [1.82, 2.24) is 0 Å². The normalized spacial score (nSPS) is 10.7. The third-order valence-corrected chi connectivity index (χ3v) is 3.42. The molecule has 0 saturated heterocycles. The molecular weight excluding hydrogens is 307 g/mol. The third kappa shape index (κ3) is 3.20. The van der Waals surface area contributed by atoms with Gasteiger partial charge in [0.25, 0.3) is 0 Å². The first-order valence-corrected chi connectivity index (χ1v) is 6.52. The van der Waals surface area contributed by atoms with Crippen molar-refractivity contribution in [2.45, 2.75) is 13.2 Å². The van der Waals surface area contributed by atoms with Gasteiger partial charge in [-0.3, -0.25) is 0 Å². The van der Waals surface area contributed by atoms with Crippen LogP contribution in [0.3, 0.4) is 0 Å². The smallest absolute Gasteiger partial charge is 0.191 e. The van der Waals surface area contributed by atoms with Crippen molar-refractivity contribution in [3.8, 4) is 5.75 Å². The molecule has 0 saturated carbocycles. The Morgan fingerprint density at radius 1 is 1.05 bits per heavy atom. The van der Waals surface area contributed by atoms with Crippen molar-refractivity contribution in [3.05, 3.63) is 63.1 Å². The molecule has 2 aromatic carbocycles. The van der Waals surface area contributed by atoms with E-state index in [-0.39, 0.29) is 13.2 Å². The van der Waals surface area contributed by atoms with Crippen LogP contribution >= 0.6 is 23.2 Å². The van der Waals surface area contributed by atoms with Crippen LogP contribution in [0, 0.1) is 11.6 Å². The number of hydrogen-bond acceptors (Lipinski definition) is 2. The Morgan fingerprint density at radius 3 is 2.10 bits per heavy atom. The lowest BCUT2D eigenvalue weighted by Gasteiger charge is -2.11. The average molecular weight is 318 g/mol. The quantitative estimate of drug-likeness (QED) is 0.912. The van der Waals surface area contributed by atoms with Crippen LogP contribution in [0.2, 0.25) is 10.0 Å². The van der Waals surface area contributed by atoms with Crippen LogP contribution in [0.1, 0.15) is 11.1 Å². The molecule has 0 aliphatic carbocycles. The van der Waals surface area contributed by atoms with Crippen LogP contribution < -0.4 is 10.5 Å². The molecule has 0 radical (unpaired) electrons. The largest absolute Gasteiger partial charge is 0.483 e. The molecule has 106 valence electrons. The predicted molar refractivity (Wildman–Crippen MR) is 75.0 cm³/mol. The molecular formula is C14H11Cl2F2NO. The highest BCUT2D eigenvalue weighted by Gasteiger charge is 2.14. The van der Waals surface area contributed by atoms with Crippen molar-refractivity contribution in [2.24, 2.45) is 5.73 Å². The van der Waals surface area contributed by atoms with Gasteiger partial charge in [0.05, 0.1) is 0 Å². The van der Waals surface area contributed by atoms with Gasteiger partial charge in [0.2, 0.25) is 0 Å². The van der Waals surface area contributed by atoms with Crippen molar-refractivity contribution < 1.29 is 13.5 Å². The zero-order valence-electron chi connectivity index (χ0n) is 10.3. The Hall–Kier alpha value is -1.36. The first-order valence-electron chi connectivity index (χ1n) is 5.76. The second-order valence-corrected chi connectivity index (χ2v) is 4.90. The van der Waals surface area contributed by atoms with Gasteiger partial charge in [-0.25, -0.2) is 8.78 Å². The number of nitrogens with two attached hydrogens (primary N) is 1. The fraction of sp³-hybridized carbons (Fsp3) is 0.143. The van der Waals surface area contributed by atoms with Crippen molar-refractivity contribution in [3.63, 3.8) is 0 Å². The van der Waals surface area contributed by atoms with E-state index in [2.05, 4.69) is 0 Å². The Kier molecular flexibility index (Phi) is 4.81. The van der Waals surface area contributed by atoms with E-state index in [1.165, 1.54) is 0 Å². The Morgan fingerprint density at radius 2 is 1.60 bits per heavy atom. The van der Waals surface area contributed by atoms with Crippen molar-refractivity contribution >= 4 is 23.2 Å². The lowest BCUT2D eigenvalue weighted by molar-refractivity contribution is 0.274. The summed E-state index contributed by atoms with van der Waals surface area (Å²) in [5.41, 5.74) is 6.15. The van der Waals surface area contributed by atoms with Gasteiger partial charge in [0, 0.05) is 22.2 Å². The van der Waals surface area contributed by atoms with E-state index in [0.29, 0.717) is 21.2 Å². The molecule has 0 aliphatic rings. The maximum Gasteiger partial charge on any atom is 0.191 e. The van der Waals surface area contributed by atoms with E-state index in [4.69, 9.17) is 33.7 Å². The van der Waals surface area contributed by atoms with E-state index in [9.17, 15) is 8.78 Å². The van der Waals surface area contributed by atoms with Crippen LogP contribution in [0.5, 0.6) is 5.75 Å². The van der Waals surface area contributed by atoms with E-state index < -0.39 is 17.4 Å². The van der Waals surface area contributed by atoms with Gasteiger partial charge in [0.1, 0.15) is 6.61 Å². The second kappa shape index (κ2) is 6.39. The number of rotatable bonds is 4. The lowest BCUT2D eigenvalue weighted by Crippen LogP contribution is -2.04.